The van der Waals surface area contributed by atoms with Crippen LogP contribution in [0.4, 0.5) is 17.1 Å². The van der Waals surface area contributed by atoms with E-state index < -0.39 is 0 Å². The maximum Gasteiger partial charge on any atom is 0.0530 e. The third-order valence-electron chi connectivity index (χ3n) is 2.75. The number of rotatable bonds is 2. The van der Waals surface area contributed by atoms with Crippen LogP contribution in [-0.2, 0) is 0 Å². The Bertz CT molecular complexity index is 571. The first-order valence-corrected chi connectivity index (χ1v) is 7.15. The van der Waals surface area contributed by atoms with Crippen LogP contribution in [0.2, 0.25) is 0 Å². The van der Waals surface area contributed by atoms with Gasteiger partial charge in [0.2, 0.25) is 0 Å². The number of aryl methyl sites for hydroxylation is 2. The summed E-state index contributed by atoms with van der Waals surface area (Å²) in [5, 5.41) is 3.44. The third-order valence-corrected chi connectivity index (χ3v) is 3.86. The zero-order chi connectivity index (χ0) is 13.3. The fourth-order valence-electron chi connectivity index (χ4n) is 1.88. The Hall–Kier alpha value is -1.00. The number of halogens is 2. The highest BCUT2D eigenvalue weighted by molar-refractivity contribution is 9.10. The van der Waals surface area contributed by atoms with Crippen molar-refractivity contribution in [3.8, 4) is 0 Å². The molecule has 2 aromatic carbocycles. The van der Waals surface area contributed by atoms with Crippen LogP contribution < -0.4 is 11.1 Å². The van der Waals surface area contributed by atoms with Gasteiger partial charge in [-0.05, 0) is 71.2 Å². The SMILES string of the molecule is Cc1cc(Br)cc(C)c1Nc1ccc(N)cc1Br. The second kappa shape index (κ2) is 5.33. The fourth-order valence-corrected chi connectivity index (χ4v) is 3.06. The number of hydrogen-bond acceptors (Lipinski definition) is 2. The van der Waals surface area contributed by atoms with Crippen molar-refractivity contribution in [3.05, 3.63) is 50.4 Å². The van der Waals surface area contributed by atoms with Crippen molar-refractivity contribution < 1.29 is 0 Å². The van der Waals surface area contributed by atoms with Gasteiger partial charge in [-0.1, -0.05) is 15.9 Å². The van der Waals surface area contributed by atoms with E-state index in [-0.39, 0.29) is 0 Å². The van der Waals surface area contributed by atoms with E-state index in [1.54, 1.807) is 0 Å². The van der Waals surface area contributed by atoms with Gasteiger partial charge in [-0.25, -0.2) is 0 Å². The number of nitrogens with two attached hydrogens (primary N) is 1. The van der Waals surface area contributed by atoms with Crippen LogP contribution in [0.25, 0.3) is 0 Å². The summed E-state index contributed by atoms with van der Waals surface area (Å²) >= 11 is 7.02. The topological polar surface area (TPSA) is 38.0 Å². The van der Waals surface area contributed by atoms with Crippen LogP contribution in [0, 0.1) is 13.8 Å². The zero-order valence-corrected chi connectivity index (χ0v) is 13.4. The molecule has 0 unspecified atom stereocenters. The summed E-state index contributed by atoms with van der Waals surface area (Å²) in [5.41, 5.74) is 11.0. The Morgan fingerprint density at radius 2 is 1.61 bits per heavy atom. The first-order valence-electron chi connectivity index (χ1n) is 5.56. The van der Waals surface area contributed by atoms with Crippen LogP contribution in [-0.4, -0.2) is 0 Å². The second-order valence-electron chi connectivity index (χ2n) is 4.28. The lowest BCUT2D eigenvalue weighted by Crippen LogP contribution is -1.97. The van der Waals surface area contributed by atoms with E-state index >= 15 is 0 Å². The van der Waals surface area contributed by atoms with E-state index in [9.17, 15) is 0 Å². The van der Waals surface area contributed by atoms with E-state index in [2.05, 4.69) is 63.2 Å². The van der Waals surface area contributed by atoms with Crippen LogP contribution in [0.1, 0.15) is 11.1 Å². The quantitative estimate of drug-likeness (QED) is 0.718. The van der Waals surface area contributed by atoms with E-state index in [0.717, 1.165) is 26.0 Å². The summed E-state index contributed by atoms with van der Waals surface area (Å²) in [6, 6.07) is 9.95. The Morgan fingerprint density at radius 3 is 2.17 bits per heavy atom. The van der Waals surface area contributed by atoms with Gasteiger partial charge in [0.1, 0.15) is 0 Å². The standard InChI is InChI=1S/C14H14Br2N2/c1-8-5-10(15)6-9(2)14(8)18-13-4-3-11(17)7-12(13)16/h3-7,18H,17H2,1-2H3. The minimum absolute atomic E-state index is 0.747. The first-order chi connectivity index (χ1) is 8.47. The lowest BCUT2D eigenvalue weighted by Gasteiger charge is -2.15. The second-order valence-corrected chi connectivity index (χ2v) is 6.05. The van der Waals surface area contributed by atoms with Gasteiger partial charge in [0.15, 0.2) is 0 Å². The lowest BCUT2D eigenvalue weighted by atomic mass is 10.1. The number of nitrogens with one attached hydrogen (secondary N) is 1. The molecular formula is C14H14Br2N2. The van der Waals surface area contributed by atoms with Gasteiger partial charge < -0.3 is 11.1 Å². The highest BCUT2D eigenvalue weighted by Crippen LogP contribution is 2.32. The number of hydrogen-bond donors (Lipinski definition) is 2. The molecule has 3 N–H and O–H groups in total. The molecule has 2 aromatic rings. The van der Waals surface area contributed by atoms with Gasteiger partial charge in [0.05, 0.1) is 5.69 Å². The van der Waals surface area contributed by atoms with E-state index in [0.29, 0.717) is 0 Å². The summed E-state index contributed by atoms with van der Waals surface area (Å²) in [6.45, 7) is 4.18. The predicted octanol–water partition coefficient (Wildman–Crippen LogP) is 5.15. The summed E-state index contributed by atoms with van der Waals surface area (Å²) in [6.07, 6.45) is 0. The molecule has 0 spiro atoms. The number of nitrogen functional groups attached to an aromatic ring is 1. The molecule has 0 radical (unpaired) electrons. The maximum absolute atomic E-state index is 5.74. The molecule has 18 heavy (non-hydrogen) atoms. The van der Waals surface area contributed by atoms with Gasteiger partial charge >= 0.3 is 0 Å². The van der Waals surface area contributed by atoms with Crippen molar-refractivity contribution in [2.75, 3.05) is 11.1 Å². The normalized spacial score (nSPS) is 10.4. The van der Waals surface area contributed by atoms with Crippen LogP contribution in [0.15, 0.2) is 39.3 Å². The summed E-state index contributed by atoms with van der Waals surface area (Å²) in [5.74, 6) is 0. The summed E-state index contributed by atoms with van der Waals surface area (Å²) in [7, 11) is 0. The van der Waals surface area contributed by atoms with Crippen molar-refractivity contribution in [1.29, 1.82) is 0 Å². The smallest absolute Gasteiger partial charge is 0.0530 e. The molecule has 2 nitrogen and oxygen atoms in total. The van der Waals surface area contributed by atoms with E-state index in [4.69, 9.17) is 5.73 Å². The van der Waals surface area contributed by atoms with Gasteiger partial charge in [-0.2, -0.15) is 0 Å². The highest BCUT2D eigenvalue weighted by Gasteiger charge is 2.07. The van der Waals surface area contributed by atoms with Gasteiger partial charge in [-0.15, -0.1) is 0 Å². The molecule has 0 bridgehead atoms. The van der Waals surface area contributed by atoms with Crippen molar-refractivity contribution in [2.45, 2.75) is 13.8 Å². The molecule has 94 valence electrons. The molecule has 0 amide bonds. The molecule has 0 saturated heterocycles. The zero-order valence-electron chi connectivity index (χ0n) is 10.2. The molecule has 0 fully saturated rings. The molecule has 0 aliphatic heterocycles. The molecule has 0 aliphatic rings. The van der Waals surface area contributed by atoms with E-state index in [1.165, 1.54) is 11.1 Å². The van der Waals surface area contributed by atoms with Gasteiger partial charge in [0.25, 0.3) is 0 Å². The number of anilines is 3. The average molecular weight is 370 g/mol. The third kappa shape index (κ3) is 2.87. The van der Waals surface area contributed by atoms with Crippen LogP contribution in [0.3, 0.4) is 0 Å². The molecular weight excluding hydrogens is 356 g/mol. The Kier molecular flexibility index (Phi) is 3.97. The molecule has 4 heteroatoms. The Morgan fingerprint density at radius 1 is 1.00 bits per heavy atom. The highest BCUT2D eigenvalue weighted by atomic mass is 79.9. The lowest BCUT2D eigenvalue weighted by molar-refractivity contribution is 1.34. The molecule has 0 atom stereocenters. The fraction of sp³-hybridized carbons (Fsp3) is 0.143. The van der Waals surface area contributed by atoms with Gasteiger partial charge in [0, 0.05) is 20.3 Å². The molecule has 0 saturated carbocycles. The van der Waals surface area contributed by atoms with Crippen molar-refractivity contribution in [2.24, 2.45) is 0 Å². The minimum atomic E-state index is 0.747. The maximum atomic E-state index is 5.74. The monoisotopic (exact) mass is 368 g/mol. The molecule has 0 aromatic heterocycles. The molecule has 0 heterocycles. The first kappa shape index (κ1) is 13.4. The van der Waals surface area contributed by atoms with Crippen molar-refractivity contribution >= 4 is 48.9 Å². The van der Waals surface area contributed by atoms with Gasteiger partial charge in [-0.3, -0.25) is 0 Å². The molecule has 0 aliphatic carbocycles. The number of benzene rings is 2. The Balaban J connectivity index is 2.40. The van der Waals surface area contributed by atoms with Crippen LogP contribution >= 0.6 is 31.9 Å². The molecule has 2 rings (SSSR count). The largest absolute Gasteiger partial charge is 0.399 e. The van der Waals surface area contributed by atoms with Crippen LogP contribution in [0.5, 0.6) is 0 Å². The van der Waals surface area contributed by atoms with Crippen molar-refractivity contribution in [1.82, 2.24) is 0 Å². The van der Waals surface area contributed by atoms with E-state index in [1.807, 2.05) is 18.2 Å². The summed E-state index contributed by atoms with van der Waals surface area (Å²) < 4.78 is 2.06. The predicted molar refractivity (Wildman–Crippen MR) is 85.5 cm³/mol. The summed E-state index contributed by atoms with van der Waals surface area (Å²) in [4.78, 5) is 0. The minimum Gasteiger partial charge on any atom is -0.399 e. The Labute approximate surface area is 124 Å². The average Bonchev–Trinajstić information content (AvgIpc) is 2.25. The van der Waals surface area contributed by atoms with Crippen molar-refractivity contribution in [3.63, 3.8) is 0 Å².